The van der Waals surface area contributed by atoms with E-state index in [0.717, 1.165) is 38.9 Å². The summed E-state index contributed by atoms with van der Waals surface area (Å²) in [5, 5.41) is 12.3. The van der Waals surface area contributed by atoms with E-state index < -0.39 is 5.97 Å². The van der Waals surface area contributed by atoms with E-state index in [2.05, 4.69) is 17.3 Å². The van der Waals surface area contributed by atoms with Crippen molar-refractivity contribution < 1.29 is 9.90 Å². The highest BCUT2D eigenvalue weighted by Gasteiger charge is 2.33. The molecule has 1 fully saturated rings. The van der Waals surface area contributed by atoms with Gasteiger partial charge in [-0.2, -0.15) is 0 Å². The molecule has 0 aromatic carbocycles. The number of carboxylic acids is 1. The summed E-state index contributed by atoms with van der Waals surface area (Å²) in [6, 6.07) is 0. The summed E-state index contributed by atoms with van der Waals surface area (Å²) in [5.41, 5.74) is -0.175. The average Bonchev–Trinajstić information content (AvgIpc) is 2.29. The minimum absolute atomic E-state index is 0.175. The Morgan fingerprint density at radius 1 is 1.47 bits per heavy atom. The number of hydrogen-bond acceptors (Lipinski definition) is 3. The Morgan fingerprint density at radius 3 is 2.80 bits per heavy atom. The first-order valence-corrected chi connectivity index (χ1v) is 5.73. The fraction of sp³-hybridized carbons (Fsp3) is 0.909. The summed E-state index contributed by atoms with van der Waals surface area (Å²) in [7, 11) is 2.10. The molecule has 0 amide bonds. The Morgan fingerprint density at radius 2 is 2.20 bits per heavy atom. The Balaban J connectivity index is 2.65. The first kappa shape index (κ1) is 12.5. The number of carboxylic acid groups (broad SMARTS) is 1. The van der Waals surface area contributed by atoms with Crippen LogP contribution in [-0.4, -0.2) is 48.2 Å². The number of hydrogen-bond donors (Lipinski definition) is 2. The van der Waals surface area contributed by atoms with Gasteiger partial charge in [0.15, 0.2) is 0 Å². The molecule has 1 heterocycles. The number of aliphatic carboxylic acids is 1. The summed E-state index contributed by atoms with van der Waals surface area (Å²) in [6.45, 7) is 4.95. The Kier molecular flexibility index (Phi) is 4.54. The van der Waals surface area contributed by atoms with Gasteiger partial charge in [-0.15, -0.1) is 0 Å². The van der Waals surface area contributed by atoms with E-state index in [1.165, 1.54) is 0 Å². The van der Waals surface area contributed by atoms with Crippen molar-refractivity contribution in [1.29, 1.82) is 0 Å². The quantitative estimate of drug-likeness (QED) is 0.731. The fourth-order valence-corrected chi connectivity index (χ4v) is 2.41. The van der Waals surface area contributed by atoms with Crippen molar-refractivity contribution >= 4 is 5.97 Å². The third-order valence-corrected chi connectivity index (χ3v) is 3.21. The molecule has 1 aliphatic heterocycles. The van der Waals surface area contributed by atoms with Crippen molar-refractivity contribution in [3.05, 3.63) is 0 Å². The monoisotopic (exact) mass is 214 g/mol. The second-order valence-electron chi connectivity index (χ2n) is 4.54. The second-order valence-corrected chi connectivity index (χ2v) is 4.54. The summed E-state index contributed by atoms with van der Waals surface area (Å²) in [4.78, 5) is 13.2. The zero-order valence-corrected chi connectivity index (χ0v) is 9.75. The van der Waals surface area contributed by atoms with E-state index in [-0.39, 0.29) is 12.0 Å². The molecule has 0 saturated carbocycles. The zero-order valence-electron chi connectivity index (χ0n) is 9.75. The molecule has 0 aromatic rings. The van der Waals surface area contributed by atoms with Gasteiger partial charge >= 0.3 is 5.97 Å². The van der Waals surface area contributed by atoms with Gasteiger partial charge in [0.05, 0.1) is 6.42 Å². The summed E-state index contributed by atoms with van der Waals surface area (Å²) < 4.78 is 0. The molecular formula is C11H22N2O2. The van der Waals surface area contributed by atoms with E-state index in [4.69, 9.17) is 5.11 Å². The van der Waals surface area contributed by atoms with Crippen molar-refractivity contribution in [2.24, 2.45) is 0 Å². The minimum atomic E-state index is -0.694. The van der Waals surface area contributed by atoms with Gasteiger partial charge < -0.3 is 15.3 Å². The van der Waals surface area contributed by atoms with Crippen molar-refractivity contribution in [2.75, 3.05) is 26.7 Å². The van der Waals surface area contributed by atoms with Crippen LogP contribution in [0.25, 0.3) is 0 Å². The molecule has 15 heavy (non-hydrogen) atoms. The highest BCUT2D eigenvalue weighted by molar-refractivity contribution is 5.68. The van der Waals surface area contributed by atoms with Gasteiger partial charge in [0, 0.05) is 5.54 Å². The van der Waals surface area contributed by atoms with Crippen LogP contribution in [0.4, 0.5) is 0 Å². The molecule has 88 valence electrons. The van der Waals surface area contributed by atoms with Gasteiger partial charge in [-0.3, -0.25) is 4.79 Å². The van der Waals surface area contributed by atoms with Crippen LogP contribution in [0.5, 0.6) is 0 Å². The van der Waals surface area contributed by atoms with Crippen LogP contribution in [0.15, 0.2) is 0 Å². The molecule has 1 rings (SSSR count). The predicted molar refractivity (Wildman–Crippen MR) is 60.0 cm³/mol. The third kappa shape index (κ3) is 3.80. The molecule has 1 atom stereocenters. The maximum Gasteiger partial charge on any atom is 0.305 e. The van der Waals surface area contributed by atoms with Gasteiger partial charge in [0.1, 0.15) is 0 Å². The molecule has 1 aliphatic rings. The normalized spacial score (nSPS) is 28.7. The fourth-order valence-electron chi connectivity index (χ4n) is 2.41. The Hall–Kier alpha value is -0.610. The van der Waals surface area contributed by atoms with Gasteiger partial charge in [-0.25, -0.2) is 0 Å². The van der Waals surface area contributed by atoms with Gasteiger partial charge in [-0.1, -0.05) is 6.92 Å². The lowest BCUT2D eigenvalue weighted by molar-refractivity contribution is -0.138. The van der Waals surface area contributed by atoms with Gasteiger partial charge in [-0.05, 0) is 45.9 Å². The Labute approximate surface area is 91.6 Å². The molecule has 0 bridgehead atoms. The van der Waals surface area contributed by atoms with Crippen LogP contribution >= 0.6 is 0 Å². The molecule has 4 heteroatoms. The van der Waals surface area contributed by atoms with E-state index in [1.807, 2.05) is 6.92 Å². The lowest BCUT2D eigenvalue weighted by atomic mass is 9.87. The second kappa shape index (κ2) is 5.47. The lowest BCUT2D eigenvalue weighted by Crippen LogP contribution is -2.47. The van der Waals surface area contributed by atoms with Gasteiger partial charge in [0.25, 0.3) is 0 Å². The molecule has 0 aliphatic carbocycles. The molecule has 2 N–H and O–H groups in total. The minimum Gasteiger partial charge on any atom is -0.481 e. The number of likely N-dealkylation sites (tertiary alicyclic amines) is 1. The number of carbonyl (C=O) groups is 1. The first-order chi connectivity index (χ1) is 7.08. The van der Waals surface area contributed by atoms with E-state index >= 15 is 0 Å². The number of rotatable bonds is 4. The maximum absolute atomic E-state index is 10.9. The predicted octanol–water partition coefficient (Wildman–Crippen LogP) is 0.925. The highest BCUT2D eigenvalue weighted by atomic mass is 16.4. The van der Waals surface area contributed by atoms with Crippen LogP contribution in [0.1, 0.15) is 32.6 Å². The third-order valence-electron chi connectivity index (χ3n) is 3.21. The van der Waals surface area contributed by atoms with Crippen LogP contribution in [-0.2, 0) is 4.79 Å². The van der Waals surface area contributed by atoms with Crippen molar-refractivity contribution in [2.45, 2.75) is 38.1 Å². The van der Waals surface area contributed by atoms with Crippen LogP contribution in [0.3, 0.4) is 0 Å². The summed E-state index contributed by atoms with van der Waals surface area (Å²) in [6.07, 6.45) is 3.23. The topological polar surface area (TPSA) is 52.6 Å². The summed E-state index contributed by atoms with van der Waals surface area (Å²) in [5.74, 6) is -0.694. The van der Waals surface area contributed by atoms with Crippen molar-refractivity contribution in [1.82, 2.24) is 10.2 Å². The molecule has 0 aromatic heterocycles. The molecule has 1 saturated heterocycles. The van der Waals surface area contributed by atoms with Crippen LogP contribution < -0.4 is 5.32 Å². The SMILES string of the molecule is CCNC1(CC(=O)O)CCCN(C)CC1. The van der Waals surface area contributed by atoms with Crippen molar-refractivity contribution in [3.63, 3.8) is 0 Å². The molecule has 1 unspecified atom stereocenters. The first-order valence-electron chi connectivity index (χ1n) is 5.73. The Bertz CT molecular complexity index is 221. The molecular weight excluding hydrogens is 192 g/mol. The zero-order chi connectivity index (χ0) is 11.3. The van der Waals surface area contributed by atoms with E-state index in [9.17, 15) is 4.79 Å². The van der Waals surface area contributed by atoms with Gasteiger partial charge in [0.2, 0.25) is 0 Å². The molecule has 0 spiro atoms. The van der Waals surface area contributed by atoms with Crippen LogP contribution in [0.2, 0.25) is 0 Å². The van der Waals surface area contributed by atoms with Crippen LogP contribution in [0, 0.1) is 0 Å². The lowest BCUT2D eigenvalue weighted by Gasteiger charge is -2.32. The molecule has 0 radical (unpaired) electrons. The summed E-state index contributed by atoms with van der Waals surface area (Å²) >= 11 is 0. The van der Waals surface area contributed by atoms with E-state index in [0.29, 0.717) is 0 Å². The average molecular weight is 214 g/mol. The maximum atomic E-state index is 10.9. The number of nitrogens with one attached hydrogen (secondary N) is 1. The number of nitrogens with zero attached hydrogens (tertiary/aromatic N) is 1. The van der Waals surface area contributed by atoms with Crippen molar-refractivity contribution in [3.8, 4) is 0 Å². The largest absolute Gasteiger partial charge is 0.481 e. The highest BCUT2D eigenvalue weighted by Crippen LogP contribution is 2.25. The standard InChI is InChI=1S/C11H22N2O2/c1-3-12-11(9-10(14)15)5-4-7-13(2)8-6-11/h12H,3-9H2,1-2H3,(H,14,15). The smallest absolute Gasteiger partial charge is 0.305 e. The van der Waals surface area contributed by atoms with E-state index in [1.54, 1.807) is 0 Å². The molecule has 4 nitrogen and oxygen atoms in total.